The molecular weight excluding hydrogens is 290 g/mol. The summed E-state index contributed by atoms with van der Waals surface area (Å²) in [5, 5.41) is 0. The number of carbonyl (C=O) groups is 1. The number of ether oxygens (including phenoxy) is 1. The van der Waals surface area contributed by atoms with Gasteiger partial charge in [0, 0.05) is 38.1 Å². The van der Waals surface area contributed by atoms with Crippen LogP contribution in [0, 0.1) is 0 Å². The maximum absolute atomic E-state index is 12.4. The minimum absolute atomic E-state index is 0.183. The number of hydrogen-bond acceptors (Lipinski definition) is 4. The van der Waals surface area contributed by atoms with Crippen LogP contribution in [0.3, 0.4) is 0 Å². The van der Waals surface area contributed by atoms with E-state index in [0.29, 0.717) is 0 Å². The number of likely N-dealkylation sites (N-methyl/N-ethyl adjacent to an activating group) is 1. The van der Waals surface area contributed by atoms with Crippen molar-refractivity contribution in [2.24, 2.45) is 0 Å². The molecule has 0 bridgehead atoms. The number of likely N-dealkylation sites (tertiary alicyclic amines) is 1. The first-order chi connectivity index (χ1) is 10.8. The first-order valence-corrected chi connectivity index (χ1v) is 8.42. The second-order valence-electron chi connectivity index (χ2n) is 7.38. The van der Waals surface area contributed by atoms with Crippen molar-refractivity contribution in [3.63, 3.8) is 0 Å². The molecule has 0 saturated carbocycles. The lowest BCUT2D eigenvalue weighted by Crippen LogP contribution is -2.50. The van der Waals surface area contributed by atoms with Gasteiger partial charge < -0.3 is 14.5 Å². The summed E-state index contributed by atoms with van der Waals surface area (Å²) in [4.78, 5) is 20.8. The predicted octanol–water partition coefficient (Wildman–Crippen LogP) is 3.30. The van der Waals surface area contributed by atoms with Crippen LogP contribution in [0.4, 0.5) is 4.79 Å². The number of carbonyl (C=O) groups excluding carboxylic acids is 1. The van der Waals surface area contributed by atoms with E-state index < -0.39 is 5.60 Å². The summed E-state index contributed by atoms with van der Waals surface area (Å²) in [7, 11) is 2.09. The number of nitrogens with zero attached hydrogens (tertiary/aromatic N) is 3. The van der Waals surface area contributed by atoms with Crippen molar-refractivity contribution in [3.8, 4) is 0 Å². The van der Waals surface area contributed by atoms with E-state index in [4.69, 9.17) is 4.74 Å². The molecule has 0 aliphatic carbocycles. The fraction of sp³-hybridized carbons (Fsp3) is 0.667. The molecule has 128 valence electrons. The van der Waals surface area contributed by atoms with Crippen molar-refractivity contribution >= 4 is 6.09 Å². The molecule has 1 aliphatic rings. The number of aromatic nitrogens is 1. The van der Waals surface area contributed by atoms with Crippen LogP contribution >= 0.6 is 0 Å². The standard InChI is InChI=1S/C18H29N3O2/c1-18(2,3)23-17(22)21-11-6-5-9-16(21)14-20(4)13-15-8-7-10-19-12-15/h7-8,10,12,16H,5-6,9,11,13-14H2,1-4H3/t16-/m1/s1. The van der Waals surface area contributed by atoms with Crippen molar-refractivity contribution in [1.82, 2.24) is 14.8 Å². The van der Waals surface area contributed by atoms with Gasteiger partial charge in [0.05, 0.1) is 0 Å². The second kappa shape index (κ2) is 7.77. The molecule has 0 unspecified atom stereocenters. The highest BCUT2D eigenvalue weighted by molar-refractivity contribution is 5.68. The highest BCUT2D eigenvalue weighted by atomic mass is 16.6. The van der Waals surface area contributed by atoms with Gasteiger partial charge in [-0.2, -0.15) is 0 Å². The predicted molar refractivity (Wildman–Crippen MR) is 91.2 cm³/mol. The maximum Gasteiger partial charge on any atom is 0.410 e. The first kappa shape index (κ1) is 17.7. The summed E-state index contributed by atoms with van der Waals surface area (Å²) >= 11 is 0. The molecule has 2 rings (SSSR count). The van der Waals surface area contributed by atoms with Crippen LogP contribution in [0.25, 0.3) is 0 Å². The molecule has 0 aromatic carbocycles. The van der Waals surface area contributed by atoms with E-state index in [9.17, 15) is 4.79 Å². The van der Waals surface area contributed by atoms with Crippen molar-refractivity contribution in [2.75, 3.05) is 20.1 Å². The van der Waals surface area contributed by atoms with Gasteiger partial charge in [0.2, 0.25) is 0 Å². The third-order valence-electron chi connectivity index (χ3n) is 3.95. The highest BCUT2D eigenvalue weighted by Gasteiger charge is 2.30. The lowest BCUT2D eigenvalue weighted by Gasteiger charge is -2.38. The van der Waals surface area contributed by atoms with Gasteiger partial charge >= 0.3 is 6.09 Å². The number of rotatable bonds is 4. The van der Waals surface area contributed by atoms with E-state index in [-0.39, 0.29) is 12.1 Å². The zero-order valence-electron chi connectivity index (χ0n) is 14.8. The largest absolute Gasteiger partial charge is 0.444 e. The Morgan fingerprint density at radius 1 is 1.43 bits per heavy atom. The van der Waals surface area contributed by atoms with E-state index in [0.717, 1.165) is 32.5 Å². The Morgan fingerprint density at radius 2 is 2.22 bits per heavy atom. The Morgan fingerprint density at radius 3 is 2.87 bits per heavy atom. The quantitative estimate of drug-likeness (QED) is 0.854. The van der Waals surface area contributed by atoms with Gasteiger partial charge in [-0.05, 0) is 58.7 Å². The Balaban J connectivity index is 1.94. The third kappa shape index (κ3) is 5.82. The van der Waals surface area contributed by atoms with Crippen molar-refractivity contribution in [1.29, 1.82) is 0 Å². The van der Waals surface area contributed by atoms with Gasteiger partial charge in [0.25, 0.3) is 0 Å². The van der Waals surface area contributed by atoms with Crippen LogP contribution in [-0.4, -0.2) is 52.7 Å². The van der Waals surface area contributed by atoms with E-state index in [1.807, 2.05) is 37.9 Å². The van der Waals surface area contributed by atoms with Crippen LogP contribution in [0.15, 0.2) is 24.5 Å². The van der Waals surface area contributed by atoms with Gasteiger partial charge in [-0.3, -0.25) is 4.98 Å². The molecule has 0 radical (unpaired) electrons. The molecule has 5 nitrogen and oxygen atoms in total. The molecule has 0 spiro atoms. The molecule has 1 aromatic rings. The summed E-state index contributed by atoms with van der Waals surface area (Å²) < 4.78 is 5.57. The van der Waals surface area contributed by atoms with Crippen LogP contribution < -0.4 is 0 Å². The summed E-state index contributed by atoms with van der Waals surface area (Å²) in [5.74, 6) is 0. The van der Waals surface area contributed by atoms with E-state index in [2.05, 4.69) is 23.0 Å². The molecule has 1 amide bonds. The third-order valence-corrected chi connectivity index (χ3v) is 3.95. The van der Waals surface area contributed by atoms with Crippen LogP contribution in [-0.2, 0) is 11.3 Å². The van der Waals surface area contributed by atoms with Crippen LogP contribution in [0.1, 0.15) is 45.6 Å². The molecule has 1 fully saturated rings. The lowest BCUT2D eigenvalue weighted by atomic mass is 10.0. The lowest BCUT2D eigenvalue weighted by molar-refractivity contribution is 0.00586. The van der Waals surface area contributed by atoms with Crippen LogP contribution in [0.5, 0.6) is 0 Å². The SMILES string of the molecule is CN(Cc1cccnc1)C[C@H]1CCCCN1C(=O)OC(C)(C)C. The molecule has 1 aromatic heterocycles. The number of hydrogen-bond donors (Lipinski definition) is 0. The van der Waals surface area contributed by atoms with Crippen molar-refractivity contribution < 1.29 is 9.53 Å². The summed E-state index contributed by atoms with van der Waals surface area (Å²) in [6.07, 6.45) is 6.76. The molecule has 1 atom stereocenters. The molecule has 1 saturated heterocycles. The fourth-order valence-electron chi connectivity index (χ4n) is 2.98. The maximum atomic E-state index is 12.4. The molecule has 2 heterocycles. The molecular formula is C18H29N3O2. The normalized spacial score (nSPS) is 19.0. The Bertz CT molecular complexity index is 499. The van der Waals surface area contributed by atoms with E-state index >= 15 is 0 Å². The smallest absolute Gasteiger partial charge is 0.410 e. The summed E-state index contributed by atoms with van der Waals surface area (Å²) in [5.41, 5.74) is 0.746. The monoisotopic (exact) mass is 319 g/mol. The topological polar surface area (TPSA) is 45.7 Å². The number of piperidine rings is 1. The Hall–Kier alpha value is -1.62. The van der Waals surface area contributed by atoms with Gasteiger partial charge in [-0.15, -0.1) is 0 Å². The second-order valence-corrected chi connectivity index (χ2v) is 7.38. The van der Waals surface area contributed by atoms with E-state index in [1.54, 1.807) is 6.20 Å². The van der Waals surface area contributed by atoms with Gasteiger partial charge in [0.1, 0.15) is 5.60 Å². The van der Waals surface area contributed by atoms with Crippen LogP contribution in [0.2, 0.25) is 0 Å². The average Bonchev–Trinajstić information content (AvgIpc) is 2.47. The Labute approximate surface area is 139 Å². The van der Waals surface area contributed by atoms with Crippen molar-refractivity contribution in [2.45, 2.75) is 58.2 Å². The highest BCUT2D eigenvalue weighted by Crippen LogP contribution is 2.21. The summed E-state index contributed by atoms with van der Waals surface area (Å²) in [6, 6.07) is 4.26. The minimum Gasteiger partial charge on any atom is -0.444 e. The zero-order valence-corrected chi connectivity index (χ0v) is 14.8. The van der Waals surface area contributed by atoms with E-state index in [1.165, 1.54) is 12.0 Å². The minimum atomic E-state index is -0.444. The number of pyridine rings is 1. The van der Waals surface area contributed by atoms with Crippen molar-refractivity contribution in [3.05, 3.63) is 30.1 Å². The molecule has 1 aliphatic heterocycles. The Kier molecular flexibility index (Phi) is 5.99. The molecule has 0 N–H and O–H groups in total. The van der Waals surface area contributed by atoms with Gasteiger partial charge in [-0.1, -0.05) is 6.07 Å². The van der Waals surface area contributed by atoms with Gasteiger partial charge in [-0.25, -0.2) is 4.79 Å². The molecule has 5 heteroatoms. The molecule has 23 heavy (non-hydrogen) atoms. The average molecular weight is 319 g/mol. The first-order valence-electron chi connectivity index (χ1n) is 8.42. The summed E-state index contributed by atoms with van der Waals surface area (Å²) in [6.45, 7) is 8.23. The fourth-order valence-corrected chi connectivity index (χ4v) is 2.98. The zero-order chi connectivity index (χ0) is 16.9. The number of amides is 1. The van der Waals surface area contributed by atoms with Gasteiger partial charge in [0.15, 0.2) is 0 Å².